The first kappa shape index (κ1) is 16.2. The lowest BCUT2D eigenvalue weighted by Gasteiger charge is -2.05. The fourth-order valence-corrected chi connectivity index (χ4v) is 2.69. The highest BCUT2D eigenvalue weighted by atomic mass is 32.2. The second-order valence-corrected chi connectivity index (χ2v) is 6.46. The van der Waals surface area contributed by atoms with Gasteiger partial charge in [-0.1, -0.05) is 12.1 Å². The van der Waals surface area contributed by atoms with Gasteiger partial charge in [0.15, 0.2) is 6.72 Å². The standard InChI is InChI=1S/C11H12F3N2O3S/c1-16(18)9-5-3-4-8(6-9)7-20(2,19)15-10(17)11(12,13)14/h3-6,18H,1,7H2,2H3/q+1. The van der Waals surface area contributed by atoms with Crippen LogP contribution in [0.2, 0.25) is 0 Å². The first-order chi connectivity index (χ1) is 9.01. The quantitative estimate of drug-likeness (QED) is 0.402. The molecule has 20 heavy (non-hydrogen) atoms. The Labute approximate surface area is 113 Å². The summed E-state index contributed by atoms with van der Waals surface area (Å²) in [6, 6.07) is 5.86. The summed E-state index contributed by atoms with van der Waals surface area (Å²) < 4.78 is 51.4. The lowest BCUT2D eigenvalue weighted by molar-refractivity contribution is -0.706. The summed E-state index contributed by atoms with van der Waals surface area (Å²) in [7, 11) is -3.37. The molecule has 0 aliphatic heterocycles. The van der Waals surface area contributed by atoms with Gasteiger partial charge in [-0.05, 0) is 5.56 Å². The van der Waals surface area contributed by atoms with Crippen LogP contribution >= 0.6 is 0 Å². The molecule has 1 aromatic rings. The minimum absolute atomic E-state index is 0.264. The van der Waals surface area contributed by atoms with Gasteiger partial charge in [0.2, 0.25) is 0 Å². The highest BCUT2D eigenvalue weighted by Gasteiger charge is 2.39. The van der Waals surface area contributed by atoms with Crippen molar-refractivity contribution in [2.75, 3.05) is 6.26 Å². The van der Waals surface area contributed by atoms with Crippen LogP contribution in [0.1, 0.15) is 5.56 Å². The van der Waals surface area contributed by atoms with Gasteiger partial charge in [-0.2, -0.15) is 17.5 Å². The Bertz CT molecular complexity index is 661. The van der Waals surface area contributed by atoms with Crippen molar-refractivity contribution < 1.29 is 32.1 Å². The van der Waals surface area contributed by atoms with E-state index in [0.29, 0.717) is 10.3 Å². The smallest absolute Gasteiger partial charge is 0.285 e. The van der Waals surface area contributed by atoms with Crippen LogP contribution in [0.25, 0.3) is 0 Å². The van der Waals surface area contributed by atoms with Crippen LogP contribution in [0, 0.1) is 0 Å². The van der Waals surface area contributed by atoms with E-state index in [2.05, 4.69) is 11.1 Å². The van der Waals surface area contributed by atoms with E-state index < -0.39 is 21.8 Å². The van der Waals surface area contributed by atoms with Crippen molar-refractivity contribution in [2.24, 2.45) is 4.36 Å². The van der Waals surface area contributed by atoms with E-state index in [4.69, 9.17) is 5.21 Å². The van der Waals surface area contributed by atoms with E-state index in [0.717, 1.165) is 6.26 Å². The average Bonchev–Trinajstić information content (AvgIpc) is 2.26. The van der Waals surface area contributed by atoms with Crippen LogP contribution < -0.4 is 0 Å². The molecular weight excluding hydrogens is 297 g/mol. The Morgan fingerprint density at radius 3 is 2.60 bits per heavy atom. The third kappa shape index (κ3) is 4.65. The number of alkyl halides is 3. The lowest BCUT2D eigenvalue weighted by Crippen LogP contribution is -2.22. The molecule has 1 amide bonds. The number of hydrogen-bond donors (Lipinski definition) is 1. The van der Waals surface area contributed by atoms with Crippen molar-refractivity contribution in [2.45, 2.75) is 11.9 Å². The molecule has 1 aromatic carbocycles. The Balaban J connectivity index is 3.06. The van der Waals surface area contributed by atoms with E-state index >= 15 is 0 Å². The number of nitrogens with zero attached hydrogens (tertiary/aromatic N) is 2. The van der Waals surface area contributed by atoms with Gasteiger partial charge >= 0.3 is 12.1 Å². The molecule has 1 N–H and O–H groups in total. The topological polar surface area (TPSA) is 69.7 Å². The van der Waals surface area contributed by atoms with Crippen molar-refractivity contribution in [3.05, 3.63) is 29.8 Å². The Kier molecular flexibility index (Phi) is 4.53. The third-order valence-electron chi connectivity index (χ3n) is 2.16. The maximum absolute atomic E-state index is 12.1. The van der Waals surface area contributed by atoms with E-state index in [1.165, 1.54) is 24.3 Å². The Morgan fingerprint density at radius 1 is 1.50 bits per heavy atom. The number of carbonyl (C=O) groups excluding carboxylic acids is 1. The van der Waals surface area contributed by atoms with Gasteiger partial charge < -0.3 is 0 Å². The molecule has 0 spiro atoms. The molecule has 5 nitrogen and oxygen atoms in total. The maximum Gasteiger partial charge on any atom is 0.474 e. The molecule has 0 saturated heterocycles. The zero-order chi connectivity index (χ0) is 15.6. The fourth-order valence-electron chi connectivity index (χ4n) is 1.38. The van der Waals surface area contributed by atoms with Gasteiger partial charge in [0.05, 0.1) is 15.5 Å². The molecule has 0 heterocycles. The highest BCUT2D eigenvalue weighted by molar-refractivity contribution is 7.92. The molecule has 9 heteroatoms. The van der Waals surface area contributed by atoms with Crippen LogP contribution in [0.5, 0.6) is 0 Å². The SMILES string of the molecule is C=[N+](O)c1cccc(CS(C)(=O)=NC(=O)C(F)(F)F)c1. The van der Waals surface area contributed by atoms with E-state index in [1.807, 2.05) is 0 Å². The molecule has 0 saturated carbocycles. The second-order valence-electron chi connectivity index (χ2n) is 4.07. The minimum Gasteiger partial charge on any atom is -0.285 e. The minimum atomic E-state index is -5.14. The summed E-state index contributed by atoms with van der Waals surface area (Å²) in [5.41, 5.74) is 0.622. The fraction of sp³-hybridized carbons (Fsp3) is 0.273. The lowest BCUT2D eigenvalue weighted by atomic mass is 10.2. The van der Waals surface area contributed by atoms with Gasteiger partial charge in [-0.15, -0.1) is 0 Å². The van der Waals surface area contributed by atoms with E-state index in [-0.39, 0.29) is 11.4 Å². The van der Waals surface area contributed by atoms with Crippen molar-refractivity contribution in [3.8, 4) is 0 Å². The summed E-state index contributed by atoms with van der Waals surface area (Å²) >= 11 is 0. The Morgan fingerprint density at radius 2 is 2.10 bits per heavy atom. The molecule has 1 unspecified atom stereocenters. The van der Waals surface area contributed by atoms with Gasteiger partial charge in [0, 0.05) is 23.1 Å². The van der Waals surface area contributed by atoms with Gasteiger partial charge in [-0.3, -0.25) is 10.0 Å². The summed E-state index contributed by atoms with van der Waals surface area (Å²) in [5, 5.41) is 9.12. The largest absolute Gasteiger partial charge is 0.474 e. The van der Waals surface area contributed by atoms with Crippen LogP contribution in [0.15, 0.2) is 28.6 Å². The van der Waals surface area contributed by atoms with Crippen LogP contribution in [-0.4, -0.2) is 39.2 Å². The molecule has 110 valence electrons. The van der Waals surface area contributed by atoms with Crippen molar-refractivity contribution in [1.29, 1.82) is 0 Å². The number of halogens is 3. The normalized spacial score (nSPS) is 14.4. The molecule has 0 aliphatic carbocycles. The molecule has 1 atom stereocenters. The van der Waals surface area contributed by atoms with Gasteiger partial charge in [0.1, 0.15) is 0 Å². The molecule has 0 radical (unpaired) electrons. The maximum atomic E-state index is 12.1. The molecule has 0 aliphatic rings. The van der Waals surface area contributed by atoms with Gasteiger partial charge in [0.25, 0.3) is 5.69 Å². The molecular formula is C11H12F3N2O3S+. The summed E-state index contributed by atoms with van der Waals surface area (Å²) in [6.07, 6.45) is -4.18. The van der Waals surface area contributed by atoms with Crippen molar-refractivity contribution in [1.82, 2.24) is 0 Å². The predicted molar refractivity (Wildman–Crippen MR) is 66.5 cm³/mol. The first-order valence-corrected chi connectivity index (χ1v) is 7.30. The van der Waals surface area contributed by atoms with E-state index in [1.54, 1.807) is 0 Å². The number of hydrogen-bond acceptors (Lipinski definition) is 3. The number of rotatable bonds is 3. The zero-order valence-electron chi connectivity index (χ0n) is 10.4. The number of amides is 1. The average molecular weight is 309 g/mol. The van der Waals surface area contributed by atoms with E-state index in [9.17, 15) is 22.2 Å². The van der Waals surface area contributed by atoms with Crippen LogP contribution in [0.4, 0.5) is 18.9 Å². The van der Waals surface area contributed by atoms with Crippen molar-refractivity contribution in [3.63, 3.8) is 0 Å². The predicted octanol–water partition coefficient (Wildman–Crippen LogP) is 2.11. The highest BCUT2D eigenvalue weighted by Crippen LogP contribution is 2.19. The Hall–Kier alpha value is -1.90. The third-order valence-corrected chi connectivity index (χ3v) is 3.58. The van der Waals surface area contributed by atoms with Crippen LogP contribution in [-0.2, 0) is 20.3 Å². The zero-order valence-corrected chi connectivity index (χ0v) is 11.2. The number of benzene rings is 1. The summed E-state index contributed by atoms with van der Waals surface area (Å²) in [6.45, 7) is 3.22. The first-order valence-electron chi connectivity index (χ1n) is 5.21. The van der Waals surface area contributed by atoms with Crippen LogP contribution in [0.3, 0.4) is 0 Å². The molecule has 0 bridgehead atoms. The number of carbonyl (C=O) groups is 1. The molecule has 1 rings (SSSR count). The summed E-state index contributed by atoms with van der Waals surface area (Å²) in [4.78, 5) is 10.7. The summed E-state index contributed by atoms with van der Waals surface area (Å²) in [5.74, 6) is -2.72. The molecule has 0 aromatic heterocycles. The molecule has 0 fully saturated rings. The van der Waals surface area contributed by atoms with Crippen molar-refractivity contribution >= 4 is 28.0 Å². The van der Waals surface area contributed by atoms with Gasteiger partial charge in [-0.25, -0.2) is 4.21 Å². The second kappa shape index (κ2) is 5.61. The monoisotopic (exact) mass is 309 g/mol.